The highest BCUT2D eigenvalue weighted by molar-refractivity contribution is 5.85. The quantitative estimate of drug-likeness (QED) is 0.735. The zero-order valence-electron chi connectivity index (χ0n) is 16.2. The molecule has 1 aliphatic heterocycles. The summed E-state index contributed by atoms with van der Waals surface area (Å²) in [5.74, 6) is 0.554. The molecule has 26 heavy (non-hydrogen) atoms. The maximum absolute atomic E-state index is 12.1. The first-order valence-electron chi connectivity index (χ1n) is 9.59. The Balaban J connectivity index is 0.00000338. The molecule has 0 aromatic heterocycles. The predicted molar refractivity (Wildman–Crippen MR) is 107 cm³/mol. The van der Waals surface area contributed by atoms with Crippen LogP contribution in [0.25, 0.3) is 0 Å². The van der Waals surface area contributed by atoms with Crippen LogP contribution in [0.15, 0.2) is 30.3 Å². The fraction of sp³-hybridized carbons (Fsp3) is 0.667. The topological polar surface area (TPSA) is 61.5 Å². The minimum absolute atomic E-state index is 0. The molecule has 5 heteroatoms. The van der Waals surface area contributed by atoms with Crippen LogP contribution < -0.4 is 5.73 Å². The van der Waals surface area contributed by atoms with Gasteiger partial charge in [0.1, 0.15) is 12.1 Å². The summed E-state index contributed by atoms with van der Waals surface area (Å²) in [6, 6.07) is 9.72. The van der Waals surface area contributed by atoms with E-state index in [1.165, 1.54) is 5.56 Å². The standard InChI is InChI=1S/C21H33NO3.ClH/c1-15(2)12-13-18-16(3)25-21(23)19(22)10-7-11-20(18)24-14-17-8-5-4-6-9-17;/h4-6,8-9,15-16,18-20H,7,10-14,22H2,1-3H3;1H/t16-,18-,19-,20-;/m0./s1. The van der Waals surface area contributed by atoms with Gasteiger partial charge in [-0.15, -0.1) is 12.4 Å². The molecule has 1 saturated heterocycles. The number of esters is 1. The van der Waals surface area contributed by atoms with E-state index >= 15 is 0 Å². The monoisotopic (exact) mass is 383 g/mol. The lowest BCUT2D eigenvalue weighted by atomic mass is 9.86. The van der Waals surface area contributed by atoms with Crippen LogP contribution in [0.2, 0.25) is 0 Å². The smallest absolute Gasteiger partial charge is 0.323 e. The predicted octanol–water partition coefficient (Wildman–Crippen LogP) is 4.49. The Morgan fingerprint density at radius 3 is 2.58 bits per heavy atom. The molecule has 2 N–H and O–H groups in total. The van der Waals surface area contributed by atoms with Gasteiger partial charge in [0.25, 0.3) is 0 Å². The molecular weight excluding hydrogens is 350 g/mol. The van der Waals surface area contributed by atoms with Gasteiger partial charge in [-0.3, -0.25) is 4.79 Å². The summed E-state index contributed by atoms with van der Waals surface area (Å²) in [6.07, 6.45) is 4.49. The van der Waals surface area contributed by atoms with Crippen LogP contribution in [0.3, 0.4) is 0 Å². The van der Waals surface area contributed by atoms with Crippen molar-refractivity contribution in [3.05, 3.63) is 35.9 Å². The lowest BCUT2D eigenvalue weighted by Gasteiger charge is -2.31. The van der Waals surface area contributed by atoms with E-state index in [-0.39, 0.29) is 36.5 Å². The van der Waals surface area contributed by atoms with Crippen LogP contribution in [-0.4, -0.2) is 24.2 Å². The minimum Gasteiger partial charge on any atom is -0.461 e. The lowest BCUT2D eigenvalue weighted by molar-refractivity contribution is -0.155. The molecule has 2 rings (SSSR count). The molecule has 0 amide bonds. The van der Waals surface area contributed by atoms with Crippen molar-refractivity contribution in [2.24, 2.45) is 17.6 Å². The van der Waals surface area contributed by atoms with Crippen molar-refractivity contribution >= 4 is 18.4 Å². The molecule has 1 heterocycles. The Kier molecular flexibility index (Phi) is 10.2. The van der Waals surface area contributed by atoms with Crippen LogP contribution in [-0.2, 0) is 20.9 Å². The van der Waals surface area contributed by atoms with Gasteiger partial charge < -0.3 is 15.2 Å². The zero-order valence-corrected chi connectivity index (χ0v) is 17.0. The van der Waals surface area contributed by atoms with E-state index in [0.29, 0.717) is 18.9 Å². The average Bonchev–Trinajstić information content (AvgIpc) is 2.63. The van der Waals surface area contributed by atoms with Crippen molar-refractivity contribution in [1.29, 1.82) is 0 Å². The second-order valence-corrected chi connectivity index (χ2v) is 7.65. The maximum Gasteiger partial charge on any atom is 0.323 e. The number of nitrogens with two attached hydrogens (primary N) is 1. The maximum atomic E-state index is 12.1. The van der Waals surface area contributed by atoms with E-state index in [4.69, 9.17) is 15.2 Å². The second kappa shape index (κ2) is 11.6. The van der Waals surface area contributed by atoms with E-state index in [2.05, 4.69) is 26.0 Å². The van der Waals surface area contributed by atoms with Gasteiger partial charge in [0.2, 0.25) is 0 Å². The van der Waals surface area contributed by atoms with Gasteiger partial charge in [0.05, 0.1) is 12.7 Å². The Labute approximate surface area is 164 Å². The molecule has 0 aliphatic carbocycles. The van der Waals surface area contributed by atoms with Crippen molar-refractivity contribution in [2.75, 3.05) is 0 Å². The zero-order chi connectivity index (χ0) is 18.2. The molecule has 0 radical (unpaired) electrons. The number of halogens is 1. The second-order valence-electron chi connectivity index (χ2n) is 7.65. The Morgan fingerprint density at radius 1 is 1.23 bits per heavy atom. The number of rotatable bonds is 6. The average molecular weight is 384 g/mol. The van der Waals surface area contributed by atoms with Gasteiger partial charge in [-0.1, -0.05) is 50.6 Å². The molecule has 4 atom stereocenters. The third-order valence-corrected chi connectivity index (χ3v) is 5.07. The molecule has 4 nitrogen and oxygen atoms in total. The van der Waals surface area contributed by atoms with Gasteiger partial charge in [0.15, 0.2) is 0 Å². The van der Waals surface area contributed by atoms with Crippen molar-refractivity contribution < 1.29 is 14.3 Å². The van der Waals surface area contributed by atoms with Crippen molar-refractivity contribution in [1.82, 2.24) is 0 Å². The van der Waals surface area contributed by atoms with Crippen molar-refractivity contribution in [3.8, 4) is 0 Å². The summed E-state index contributed by atoms with van der Waals surface area (Å²) in [5.41, 5.74) is 7.11. The van der Waals surface area contributed by atoms with E-state index in [0.717, 1.165) is 25.7 Å². The number of cyclic esters (lactones) is 1. The molecule has 1 aliphatic rings. The number of ether oxygens (including phenoxy) is 2. The molecule has 0 saturated carbocycles. The normalized spacial score (nSPS) is 27.0. The van der Waals surface area contributed by atoms with E-state index in [9.17, 15) is 4.79 Å². The van der Waals surface area contributed by atoms with Gasteiger partial charge >= 0.3 is 5.97 Å². The molecule has 0 unspecified atom stereocenters. The van der Waals surface area contributed by atoms with E-state index in [1.807, 2.05) is 25.1 Å². The van der Waals surface area contributed by atoms with E-state index < -0.39 is 6.04 Å². The molecule has 148 valence electrons. The fourth-order valence-electron chi connectivity index (χ4n) is 3.46. The fourth-order valence-corrected chi connectivity index (χ4v) is 3.46. The third-order valence-electron chi connectivity index (χ3n) is 5.07. The summed E-state index contributed by atoms with van der Waals surface area (Å²) >= 11 is 0. The first kappa shape index (κ1) is 22.9. The van der Waals surface area contributed by atoms with E-state index in [1.54, 1.807) is 0 Å². The third kappa shape index (κ3) is 7.26. The minimum atomic E-state index is -0.513. The molecular formula is C21H34ClNO3. The Bertz CT molecular complexity index is 523. The summed E-state index contributed by atoms with van der Waals surface area (Å²) < 4.78 is 12.0. The first-order chi connectivity index (χ1) is 12.0. The van der Waals surface area contributed by atoms with Gasteiger partial charge in [-0.2, -0.15) is 0 Å². The van der Waals surface area contributed by atoms with Crippen molar-refractivity contribution in [3.63, 3.8) is 0 Å². The highest BCUT2D eigenvalue weighted by atomic mass is 35.5. The highest BCUT2D eigenvalue weighted by Crippen LogP contribution is 2.29. The van der Waals surface area contributed by atoms with Crippen LogP contribution in [0.1, 0.15) is 58.4 Å². The first-order valence-corrected chi connectivity index (χ1v) is 9.59. The SMILES string of the molecule is CC(C)CC[C@H]1[C@H](C)OC(=O)[C@@H](N)CCC[C@@H]1OCc1ccccc1.Cl. The Morgan fingerprint density at radius 2 is 1.92 bits per heavy atom. The summed E-state index contributed by atoms with van der Waals surface area (Å²) in [6.45, 7) is 7.03. The highest BCUT2D eigenvalue weighted by Gasteiger charge is 2.33. The summed E-state index contributed by atoms with van der Waals surface area (Å²) in [4.78, 5) is 12.1. The van der Waals surface area contributed by atoms with Crippen LogP contribution in [0.5, 0.6) is 0 Å². The van der Waals surface area contributed by atoms with Crippen LogP contribution in [0.4, 0.5) is 0 Å². The lowest BCUT2D eigenvalue weighted by Crippen LogP contribution is -2.38. The molecule has 1 aromatic rings. The number of benzene rings is 1. The van der Waals surface area contributed by atoms with Crippen LogP contribution in [0, 0.1) is 11.8 Å². The number of hydrogen-bond donors (Lipinski definition) is 1. The molecule has 1 fully saturated rings. The molecule has 1 aromatic carbocycles. The number of carbonyl (C=O) groups is 1. The number of hydrogen-bond acceptors (Lipinski definition) is 4. The van der Waals surface area contributed by atoms with Gasteiger partial charge in [-0.05, 0) is 44.1 Å². The molecule has 0 spiro atoms. The van der Waals surface area contributed by atoms with Gasteiger partial charge in [-0.25, -0.2) is 0 Å². The Hall–Kier alpha value is -1.10. The number of carbonyl (C=O) groups excluding carboxylic acids is 1. The summed E-state index contributed by atoms with van der Waals surface area (Å²) in [5, 5.41) is 0. The summed E-state index contributed by atoms with van der Waals surface area (Å²) in [7, 11) is 0. The largest absolute Gasteiger partial charge is 0.461 e. The van der Waals surface area contributed by atoms with Gasteiger partial charge in [0, 0.05) is 5.92 Å². The molecule has 0 bridgehead atoms. The van der Waals surface area contributed by atoms with Crippen LogP contribution >= 0.6 is 12.4 Å². The van der Waals surface area contributed by atoms with Crippen molar-refractivity contribution in [2.45, 2.75) is 77.7 Å².